The molecule has 1 aromatic carbocycles. The van der Waals surface area contributed by atoms with E-state index in [0.29, 0.717) is 12.0 Å². The predicted octanol–water partition coefficient (Wildman–Crippen LogP) is 1.61. The highest BCUT2D eigenvalue weighted by atomic mass is 35.5. The fraction of sp³-hybridized carbons (Fsp3) is 0.455. The molecule has 0 aromatic heterocycles. The summed E-state index contributed by atoms with van der Waals surface area (Å²) in [5.74, 6) is 0. The lowest BCUT2D eigenvalue weighted by Crippen LogP contribution is -2.32. The molecule has 0 aliphatic rings. The Labute approximate surface area is 121 Å². The summed E-state index contributed by atoms with van der Waals surface area (Å²) in [6.45, 7) is 3.03. The van der Waals surface area contributed by atoms with Crippen molar-refractivity contribution in [3.63, 3.8) is 0 Å². The Morgan fingerprint density at radius 1 is 1.50 bits per heavy atom. The maximum atomic E-state index is 12.1. The second-order valence-corrected chi connectivity index (χ2v) is 6.38. The van der Waals surface area contributed by atoms with Crippen molar-refractivity contribution >= 4 is 27.3 Å². The second-order valence-electron chi connectivity index (χ2n) is 4.24. The van der Waals surface area contributed by atoms with Crippen LogP contribution >= 0.6 is 11.6 Å². The minimum absolute atomic E-state index is 0.125. The number of benzene rings is 1. The number of hydrogen-bond acceptors (Lipinski definition) is 5. The maximum Gasteiger partial charge on any atom is 0.289 e. The number of nitrogens with zero attached hydrogens (tertiary/aromatic N) is 1. The molecule has 1 unspecified atom stereocenters. The number of hydrogen-bond donors (Lipinski definition) is 2. The summed E-state index contributed by atoms with van der Waals surface area (Å²) in [6, 6.07) is 2.14. The molecule has 0 bridgehead atoms. The molecule has 0 radical (unpaired) electrons. The van der Waals surface area contributed by atoms with Crippen molar-refractivity contribution in [3.8, 4) is 0 Å². The maximum absolute atomic E-state index is 12.1. The Hall–Kier alpha value is -1.22. The van der Waals surface area contributed by atoms with Crippen LogP contribution in [-0.4, -0.2) is 31.1 Å². The lowest BCUT2D eigenvalue weighted by Gasteiger charge is -2.12. The molecule has 0 saturated carbocycles. The van der Waals surface area contributed by atoms with E-state index < -0.39 is 26.7 Å². The molecule has 1 aromatic rings. The number of nitro groups is 1. The first-order valence-electron chi connectivity index (χ1n) is 5.81. The van der Waals surface area contributed by atoms with Gasteiger partial charge in [0.05, 0.1) is 15.9 Å². The predicted molar refractivity (Wildman–Crippen MR) is 74.3 cm³/mol. The van der Waals surface area contributed by atoms with E-state index in [1.165, 1.54) is 13.0 Å². The molecule has 0 saturated heterocycles. The van der Waals surface area contributed by atoms with Crippen LogP contribution in [0.1, 0.15) is 18.9 Å². The van der Waals surface area contributed by atoms with Gasteiger partial charge in [0.25, 0.3) is 5.69 Å². The van der Waals surface area contributed by atoms with E-state index in [1.807, 2.05) is 0 Å². The topological polar surface area (TPSA) is 110 Å². The van der Waals surface area contributed by atoms with E-state index >= 15 is 0 Å². The average Bonchev–Trinajstić information content (AvgIpc) is 2.35. The van der Waals surface area contributed by atoms with Gasteiger partial charge in [0.1, 0.15) is 5.02 Å². The largest absolute Gasteiger partial charge is 0.392 e. The summed E-state index contributed by atoms with van der Waals surface area (Å²) >= 11 is 5.70. The zero-order valence-electron chi connectivity index (χ0n) is 11.0. The van der Waals surface area contributed by atoms with Crippen molar-refractivity contribution in [2.45, 2.75) is 31.3 Å². The summed E-state index contributed by atoms with van der Waals surface area (Å²) < 4.78 is 26.4. The summed E-state index contributed by atoms with van der Waals surface area (Å²) in [7, 11) is -3.94. The molecule has 9 heteroatoms. The monoisotopic (exact) mass is 322 g/mol. The zero-order chi connectivity index (χ0) is 15.5. The van der Waals surface area contributed by atoms with Crippen LogP contribution in [0.3, 0.4) is 0 Å². The van der Waals surface area contributed by atoms with Crippen LogP contribution in [0.4, 0.5) is 5.69 Å². The first-order valence-corrected chi connectivity index (χ1v) is 7.67. The molecular weight excluding hydrogens is 308 g/mol. The Kier molecular flexibility index (Phi) is 5.46. The minimum atomic E-state index is -3.94. The number of rotatable bonds is 6. The third-order valence-electron chi connectivity index (χ3n) is 2.71. The van der Waals surface area contributed by atoms with Gasteiger partial charge in [0, 0.05) is 12.6 Å². The van der Waals surface area contributed by atoms with Gasteiger partial charge < -0.3 is 5.11 Å². The van der Waals surface area contributed by atoms with E-state index in [4.69, 9.17) is 11.6 Å². The standard InChI is InChI=1S/C11H15ClN2O5S/c1-3-8(15)6-13-20(18,19)11-5-10(14(16)17)9(12)4-7(11)2/h4-5,8,13,15H,3,6H2,1-2H3. The number of aliphatic hydroxyl groups excluding tert-OH is 1. The van der Waals surface area contributed by atoms with Crippen LogP contribution < -0.4 is 4.72 Å². The van der Waals surface area contributed by atoms with Crippen molar-refractivity contribution < 1.29 is 18.4 Å². The number of sulfonamides is 1. The van der Waals surface area contributed by atoms with E-state index in [9.17, 15) is 23.6 Å². The van der Waals surface area contributed by atoms with Crippen LogP contribution in [0.25, 0.3) is 0 Å². The van der Waals surface area contributed by atoms with Crippen LogP contribution in [0.5, 0.6) is 0 Å². The Balaban J connectivity index is 3.18. The number of halogens is 1. The Morgan fingerprint density at radius 2 is 2.10 bits per heavy atom. The normalized spacial score (nSPS) is 13.2. The van der Waals surface area contributed by atoms with E-state index in [-0.39, 0.29) is 16.5 Å². The van der Waals surface area contributed by atoms with Gasteiger partial charge in [0.2, 0.25) is 10.0 Å². The van der Waals surface area contributed by atoms with Gasteiger partial charge in [-0.05, 0) is 25.0 Å². The zero-order valence-corrected chi connectivity index (χ0v) is 12.5. The quantitative estimate of drug-likeness (QED) is 0.610. The molecule has 1 atom stereocenters. The number of aryl methyl sites for hydroxylation is 1. The van der Waals surface area contributed by atoms with Gasteiger partial charge in [-0.2, -0.15) is 0 Å². The molecule has 0 aliphatic carbocycles. The molecule has 0 aliphatic heterocycles. The lowest BCUT2D eigenvalue weighted by atomic mass is 10.2. The van der Waals surface area contributed by atoms with Crippen LogP contribution in [0.15, 0.2) is 17.0 Å². The fourth-order valence-electron chi connectivity index (χ4n) is 1.50. The molecule has 0 amide bonds. The van der Waals surface area contributed by atoms with E-state index in [1.54, 1.807) is 6.92 Å². The summed E-state index contributed by atoms with van der Waals surface area (Å²) in [6.07, 6.45) is -0.421. The van der Waals surface area contributed by atoms with Crippen molar-refractivity contribution in [2.24, 2.45) is 0 Å². The fourth-order valence-corrected chi connectivity index (χ4v) is 3.10. The number of aliphatic hydroxyl groups is 1. The highest BCUT2D eigenvalue weighted by Crippen LogP contribution is 2.29. The highest BCUT2D eigenvalue weighted by Gasteiger charge is 2.23. The molecule has 1 rings (SSSR count). The number of nitrogens with one attached hydrogen (secondary N) is 1. The first-order chi connectivity index (χ1) is 9.19. The SMILES string of the molecule is CCC(O)CNS(=O)(=O)c1cc([N+](=O)[O-])c(Cl)cc1C. The molecule has 7 nitrogen and oxygen atoms in total. The third kappa shape index (κ3) is 3.89. The molecule has 20 heavy (non-hydrogen) atoms. The van der Waals surface area contributed by atoms with Crippen LogP contribution in [0.2, 0.25) is 5.02 Å². The molecule has 2 N–H and O–H groups in total. The van der Waals surface area contributed by atoms with Crippen molar-refractivity contribution in [1.82, 2.24) is 4.72 Å². The molecular formula is C11H15ClN2O5S. The Bertz CT molecular complexity index is 617. The second kappa shape index (κ2) is 6.49. The smallest absolute Gasteiger partial charge is 0.289 e. The van der Waals surface area contributed by atoms with Gasteiger partial charge >= 0.3 is 0 Å². The van der Waals surface area contributed by atoms with Crippen molar-refractivity contribution in [2.75, 3.05) is 6.54 Å². The Morgan fingerprint density at radius 3 is 2.60 bits per heavy atom. The van der Waals surface area contributed by atoms with Gasteiger partial charge in [0.15, 0.2) is 0 Å². The first kappa shape index (κ1) is 16.8. The number of nitro benzene ring substituents is 1. The van der Waals surface area contributed by atoms with E-state index in [2.05, 4.69) is 4.72 Å². The third-order valence-corrected chi connectivity index (χ3v) is 4.58. The minimum Gasteiger partial charge on any atom is -0.392 e. The lowest BCUT2D eigenvalue weighted by molar-refractivity contribution is -0.384. The van der Waals surface area contributed by atoms with Gasteiger partial charge in [-0.25, -0.2) is 13.1 Å². The van der Waals surface area contributed by atoms with Gasteiger partial charge in [-0.15, -0.1) is 0 Å². The van der Waals surface area contributed by atoms with E-state index in [0.717, 1.165) is 6.07 Å². The van der Waals surface area contributed by atoms with Crippen LogP contribution in [-0.2, 0) is 10.0 Å². The van der Waals surface area contributed by atoms with Gasteiger partial charge in [-0.3, -0.25) is 10.1 Å². The summed E-state index contributed by atoms with van der Waals surface area (Å²) in [4.78, 5) is 9.82. The average molecular weight is 323 g/mol. The summed E-state index contributed by atoms with van der Waals surface area (Å²) in [5, 5.41) is 20.0. The molecule has 0 spiro atoms. The summed E-state index contributed by atoms with van der Waals surface area (Å²) in [5.41, 5.74) is -0.187. The van der Waals surface area contributed by atoms with Crippen LogP contribution in [0, 0.1) is 17.0 Å². The van der Waals surface area contributed by atoms with Crippen molar-refractivity contribution in [1.29, 1.82) is 0 Å². The molecule has 0 heterocycles. The molecule has 112 valence electrons. The van der Waals surface area contributed by atoms with Gasteiger partial charge in [-0.1, -0.05) is 18.5 Å². The molecule has 0 fully saturated rings. The highest BCUT2D eigenvalue weighted by molar-refractivity contribution is 7.89. The van der Waals surface area contributed by atoms with Crippen molar-refractivity contribution in [3.05, 3.63) is 32.8 Å².